The quantitative estimate of drug-likeness (QED) is 0.313. The Bertz CT molecular complexity index is 1090. The lowest BCUT2D eigenvalue weighted by Crippen LogP contribution is -2.63. The highest BCUT2D eigenvalue weighted by Gasteiger charge is 2.92. The average molecular weight is 519 g/mol. The molecule has 4 aliphatic rings. The molecule has 4 fully saturated rings. The Labute approximate surface area is 217 Å². The number of fused-ring (bicyclic) bond motifs is 1. The van der Waals surface area contributed by atoms with Gasteiger partial charge < -0.3 is 18.9 Å². The second kappa shape index (κ2) is 8.40. The molecule has 0 amide bonds. The number of ether oxygens (including phenoxy) is 4. The Morgan fingerprint density at radius 2 is 1.30 bits per heavy atom. The zero-order valence-corrected chi connectivity index (χ0v) is 23.0. The fourth-order valence-electron chi connectivity index (χ4n) is 9.47. The van der Waals surface area contributed by atoms with Crippen molar-refractivity contribution >= 4 is 29.7 Å². The maximum Gasteiger partial charge on any atom is 0.303 e. The van der Waals surface area contributed by atoms with Crippen molar-refractivity contribution in [1.82, 2.24) is 0 Å². The van der Waals surface area contributed by atoms with Crippen LogP contribution in [0, 0.1) is 33.5 Å². The van der Waals surface area contributed by atoms with Gasteiger partial charge in [-0.25, -0.2) is 0 Å². The van der Waals surface area contributed by atoms with E-state index in [4.69, 9.17) is 18.9 Å². The molecule has 0 N–H and O–H groups in total. The summed E-state index contributed by atoms with van der Waals surface area (Å²) in [6, 6.07) is 0. The van der Waals surface area contributed by atoms with Crippen molar-refractivity contribution < 1.29 is 42.9 Å². The van der Waals surface area contributed by atoms with Crippen molar-refractivity contribution in [3.8, 4) is 0 Å². The second-order valence-electron chi connectivity index (χ2n) is 12.1. The molecule has 0 saturated heterocycles. The smallest absolute Gasteiger partial charge is 0.303 e. The Morgan fingerprint density at radius 1 is 0.811 bits per heavy atom. The summed E-state index contributed by atoms with van der Waals surface area (Å²) in [6.07, 6.45) is -2.59. The Morgan fingerprint density at radius 3 is 1.81 bits per heavy atom. The van der Waals surface area contributed by atoms with Crippen LogP contribution in [0.3, 0.4) is 0 Å². The molecule has 9 nitrogen and oxygen atoms in total. The van der Waals surface area contributed by atoms with Gasteiger partial charge in [-0.3, -0.25) is 24.0 Å². The Balaban J connectivity index is 2.17. The zero-order valence-electron chi connectivity index (χ0n) is 23.0. The Hall–Kier alpha value is -2.71. The first-order chi connectivity index (χ1) is 17.0. The summed E-state index contributed by atoms with van der Waals surface area (Å²) >= 11 is 0. The highest BCUT2D eigenvalue weighted by atomic mass is 16.6. The number of hydrogen-bond donors (Lipinski definition) is 0. The molecule has 0 unspecified atom stereocenters. The number of rotatable bonds is 4. The molecule has 204 valence electrons. The predicted octanol–water partition coefficient (Wildman–Crippen LogP) is 3.32. The molecule has 9 atom stereocenters. The fraction of sp³-hybridized carbons (Fsp3) is 0.750. The number of carbonyl (C=O) groups excluding carboxylic acids is 5. The molecule has 0 aromatic heterocycles. The van der Waals surface area contributed by atoms with E-state index in [1.165, 1.54) is 27.7 Å². The third kappa shape index (κ3) is 3.12. The van der Waals surface area contributed by atoms with E-state index in [0.717, 1.165) is 0 Å². The van der Waals surface area contributed by atoms with Crippen molar-refractivity contribution in [3.63, 3.8) is 0 Å². The lowest BCUT2D eigenvalue weighted by molar-refractivity contribution is -0.194. The minimum Gasteiger partial charge on any atom is -0.461 e. The van der Waals surface area contributed by atoms with Crippen molar-refractivity contribution in [2.75, 3.05) is 0 Å². The van der Waals surface area contributed by atoms with Crippen LogP contribution in [-0.4, -0.2) is 54.1 Å². The number of ketones is 1. The molecule has 2 bridgehead atoms. The maximum atomic E-state index is 13.7. The van der Waals surface area contributed by atoms with Crippen LogP contribution in [0.25, 0.3) is 0 Å². The zero-order chi connectivity index (χ0) is 27.9. The summed E-state index contributed by atoms with van der Waals surface area (Å²) in [4.78, 5) is 63.5. The molecule has 0 radical (unpaired) electrons. The SMILES string of the molecule is C=C1[C@@H](OC(C)=O)CC[C@@]2(C)[C@@H](OC(C)=O)[C@H](OC(C)=O)[C@@]34[C@H](C)C(=O)C[C@@H]([C@@H](OC(C)=O)[C@@]132)C4(C)C. The average Bonchev–Trinajstić information content (AvgIpc) is 2.99. The molecule has 37 heavy (non-hydrogen) atoms. The molecule has 0 heterocycles. The Kier molecular flexibility index (Phi) is 6.20. The van der Waals surface area contributed by atoms with E-state index in [9.17, 15) is 24.0 Å². The van der Waals surface area contributed by atoms with Crippen molar-refractivity contribution in [2.24, 2.45) is 33.5 Å². The number of esters is 4. The molecule has 0 aromatic rings. The molecule has 0 aliphatic heterocycles. The number of hydrogen-bond acceptors (Lipinski definition) is 9. The van der Waals surface area contributed by atoms with Gasteiger partial charge in [0.15, 0.2) is 0 Å². The van der Waals surface area contributed by atoms with Crippen LogP contribution < -0.4 is 0 Å². The molecule has 4 saturated carbocycles. The minimum atomic E-state index is -1.20. The highest BCUT2D eigenvalue weighted by Crippen LogP contribution is 2.86. The number of carbonyl (C=O) groups is 5. The summed E-state index contributed by atoms with van der Waals surface area (Å²) in [5.74, 6) is -3.30. The highest BCUT2D eigenvalue weighted by molar-refractivity contribution is 5.86. The molecular formula is C28H38O9. The third-order valence-corrected chi connectivity index (χ3v) is 10.3. The predicted molar refractivity (Wildman–Crippen MR) is 130 cm³/mol. The van der Waals surface area contributed by atoms with Crippen molar-refractivity contribution in [1.29, 1.82) is 0 Å². The maximum absolute atomic E-state index is 13.7. The van der Waals surface area contributed by atoms with Gasteiger partial charge in [0.1, 0.15) is 30.2 Å². The van der Waals surface area contributed by atoms with Crippen molar-refractivity contribution in [2.45, 2.75) is 99.1 Å². The van der Waals surface area contributed by atoms with Crippen LogP contribution in [-0.2, 0) is 42.9 Å². The first kappa shape index (κ1) is 27.3. The van der Waals surface area contributed by atoms with E-state index < -0.39 is 81.8 Å². The number of Topliss-reactive ketones (excluding diaryl/α,β-unsaturated/α-hetero) is 1. The molecule has 4 rings (SSSR count). The van der Waals surface area contributed by atoms with E-state index in [-0.39, 0.29) is 12.2 Å². The van der Waals surface area contributed by atoms with Crippen LogP contribution in [0.5, 0.6) is 0 Å². The van der Waals surface area contributed by atoms with Gasteiger partial charge in [0, 0.05) is 56.8 Å². The molecule has 4 aliphatic carbocycles. The summed E-state index contributed by atoms with van der Waals surface area (Å²) in [5.41, 5.74) is -3.57. The van der Waals surface area contributed by atoms with E-state index in [1.807, 2.05) is 27.7 Å². The summed E-state index contributed by atoms with van der Waals surface area (Å²) in [5, 5.41) is 0. The summed E-state index contributed by atoms with van der Waals surface area (Å²) in [7, 11) is 0. The van der Waals surface area contributed by atoms with Crippen LogP contribution in [0.2, 0.25) is 0 Å². The van der Waals surface area contributed by atoms with E-state index >= 15 is 0 Å². The lowest BCUT2D eigenvalue weighted by Gasteiger charge is -2.60. The van der Waals surface area contributed by atoms with Gasteiger partial charge in [0.25, 0.3) is 0 Å². The molecule has 0 aromatic carbocycles. The van der Waals surface area contributed by atoms with Gasteiger partial charge in [0.2, 0.25) is 0 Å². The van der Waals surface area contributed by atoms with E-state index in [2.05, 4.69) is 6.58 Å². The van der Waals surface area contributed by atoms with Gasteiger partial charge in [-0.05, 0) is 23.8 Å². The van der Waals surface area contributed by atoms with Crippen LogP contribution in [0.1, 0.15) is 74.7 Å². The normalized spacial score (nSPS) is 43.4. The fourth-order valence-corrected chi connectivity index (χ4v) is 9.47. The lowest BCUT2D eigenvalue weighted by atomic mass is 9.42. The van der Waals surface area contributed by atoms with E-state index in [0.29, 0.717) is 18.4 Å². The summed E-state index contributed by atoms with van der Waals surface area (Å²) in [6.45, 7) is 17.4. The largest absolute Gasteiger partial charge is 0.461 e. The first-order valence-corrected chi connectivity index (χ1v) is 12.9. The van der Waals surface area contributed by atoms with Crippen LogP contribution in [0.4, 0.5) is 0 Å². The van der Waals surface area contributed by atoms with Crippen LogP contribution >= 0.6 is 0 Å². The van der Waals surface area contributed by atoms with Gasteiger partial charge in [-0.1, -0.05) is 34.3 Å². The van der Waals surface area contributed by atoms with Gasteiger partial charge in [-0.15, -0.1) is 0 Å². The second-order valence-corrected chi connectivity index (χ2v) is 12.1. The van der Waals surface area contributed by atoms with Crippen LogP contribution in [0.15, 0.2) is 12.2 Å². The molecular weight excluding hydrogens is 480 g/mol. The van der Waals surface area contributed by atoms with Gasteiger partial charge in [-0.2, -0.15) is 0 Å². The molecule has 2 spiro atoms. The van der Waals surface area contributed by atoms with Gasteiger partial charge in [0.05, 0.1) is 5.41 Å². The minimum absolute atomic E-state index is 0.0521. The van der Waals surface area contributed by atoms with Gasteiger partial charge >= 0.3 is 23.9 Å². The first-order valence-electron chi connectivity index (χ1n) is 12.9. The topological polar surface area (TPSA) is 122 Å². The summed E-state index contributed by atoms with van der Waals surface area (Å²) < 4.78 is 24.0. The van der Waals surface area contributed by atoms with Crippen molar-refractivity contribution in [3.05, 3.63) is 12.2 Å². The third-order valence-electron chi connectivity index (χ3n) is 10.3. The molecule has 9 heteroatoms. The monoisotopic (exact) mass is 518 g/mol. The standard InChI is InChI=1S/C28H38O9/c1-13-20(33)12-19-22(35-16(4)30)28-14(2)21(34-15(3)29)10-11-26(28,9)23(36-17(5)31)24(37-18(6)32)27(13,28)25(19,7)8/h13,19,21-24H,2,10-12H2,1,3-9H3/t13-,19+,21+,22-,23+,24+,26+,27-,28-/m1/s1. The van der Waals surface area contributed by atoms with E-state index in [1.54, 1.807) is 0 Å².